The van der Waals surface area contributed by atoms with Crippen LogP contribution in [0.4, 0.5) is 10.5 Å². The van der Waals surface area contributed by atoms with Crippen LogP contribution in [-0.2, 0) is 4.79 Å². The molecule has 0 fully saturated rings. The number of nitrogens with zero attached hydrogens (tertiary/aromatic N) is 2. The van der Waals surface area contributed by atoms with E-state index >= 15 is 0 Å². The van der Waals surface area contributed by atoms with E-state index in [2.05, 4.69) is 20.8 Å². The third-order valence-corrected chi connectivity index (χ3v) is 5.02. The monoisotopic (exact) mass is 388 g/mol. The van der Waals surface area contributed by atoms with E-state index < -0.39 is 11.9 Å². The molecule has 0 saturated carbocycles. The van der Waals surface area contributed by atoms with Gasteiger partial charge in [-0.05, 0) is 36.9 Å². The van der Waals surface area contributed by atoms with Gasteiger partial charge in [0.2, 0.25) is 5.91 Å². The van der Waals surface area contributed by atoms with E-state index in [1.807, 2.05) is 43.5 Å². The lowest BCUT2D eigenvalue weighted by atomic mass is 10.1. The fraction of sp³-hybridized carbons (Fsp3) is 0.176. The van der Waals surface area contributed by atoms with Gasteiger partial charge in [0.05, 0.1) is 10.6 Å². The fourth-order valence-electron chi connectivity index (χ4n) is 2.17. The van der Waals surface area contributed by atoms with Crippen molar-refractivity contribution in [1.82, 2.24) is 15.5 Å². The van der Waals surface area contributed by atoms with Gasteiger partial charge in [-0.15, -0.1) is 21.5 Å². The number of urea groups is 1. The first-order valence-corrected chi connectivity index (χ1v) is 9.56. The molecule has 0 bridgehead atoms. The quantitative estimate of drug-likeness (QED) is 0.644. The lowest BCUT2D eigenvalue weighted by Gasteiger charge is -2.09. The van der Waals surface area contributed by atoms with Crippen LogP contribution in [0.15, 0.2) is 45.4 Å². The van der Waals surface area contributed by atoms with E-state index in [-0.39, 0.29) is 11.0 Å². The number of aromatic nitrogens is 2. The van der Waals surface area contributed by atoms with Crippen LogP contribution in [0, 0.1) is 13.8 Å². The van der Waals surface area contributed by atoms with Gasteiger partial charge in [-0.1, -0.05) is 35.5 Å². The molecule has 0 aliphatic heterocycles. The van der Waals surface area contributed by atoms with Crippen LogP contribution in [-0.4, -0.2) is 27.9 Å². The van der Waals surface area contributed by atoms with Crippen molar-refractivity contribution in [1.29, 1.82) is 0 Å². The number of rotatable bonds is 5. The number of carbonyl (C=O) groups is 2. The number of imide groups is 1. The Kier molecular flexibility index (Phi) is 5.69. The summed E-state index contributed by atoms with van der Waals surface area (Å²) in [6, 6.07) is 8.82. The number of benzene rings is 1. The van der Waals surface area contributed by atoms with Gasteiger partial charge in [-0.25, -0.2) is 4.79 Å². The van der Waals surface area contributed by atoms with Gasteiger partial charge in [0.25, 0.3) is 11.1 Å². The van der Waals surface area contributed by atoms with Crippen LogP contribution in [0.25, 0.3) is 10.8 Å². The second-order valence-corrected chi connectivity index (χ2v) is 7.33. The highest BCUT2D eigenvalue weighted by atomic mass is 32.2. The summed E-state index contributed by atoms with van der Waals surface area (Å²) >= 11 is 2.56. The molecule has 0 saturated heterocycles. The smallest absolute Gasteiger partial charge is 0.325 e. The molecule has 9 heteroatoms. The molecule has 2 heterocycles. The minimum Gasteiger partial charge on any atom is -0.410 e. The van der Waals surface area contributed by atoms with Gasteiger partial charge in [0.1, 0.15) is 0 Å². The molecule has 0 atom stereocenters. The van der Waals surface area contributed by atoms with E-state index in [1.165, 1.54) is 11.3 Å². The average molecular weight is 388 g/mol. The van der Waals surface area contributed by atoms with Crippen LogP contribution in [0.3, 0.4) is 0 Å². The molecular weight excluding hydrogens is 372 g/mol. The molecule has 3 amide bonds. The third kappa shape index (κ3) is 4.70. The van der Waals surface area contributed by atoms with Crippen molar-refractivity contribution in [2.45, 2.75) is 19.1 Å². The molecule has 2 N–H and O–H groups in total. The van der Waals surface area contributed by atoms with Crippen molar-refractivity contribution in [3.63, 3.8) is 0 Å². The van der Waals surface area contributed by atoms with E-state index in [4.69, 9.17) is 4.42 Å². The van der Waals surface area contributed by atoms with Gasteiger partial charge in [0.15, 0.2) is 0 Å². The zero-order valence-corrected chi connectivity index (χ0v) is 15.7. The Hall–Kier alpha value is -2.65. The maximum absolute atomic E-state index is 11.9. The minimum atomic E-state index is -0.577. The van der Waals surface area contributed by atoms with E-state index in [1.54, 1.807) is 6.07 Å². The second-order valence-electron chi connectivity index (χ2n) is 5.46. The summed E-state index contributed by atoms with van der Waals surface area (Å²) in [6.07, 6.45) is 0. The van der Waals surface area contributed by atoms with Crippen LogP contribution in [0.5, 0.6) is 0 Å². The lowest BCUT2D eigenvalue weighted by molar-refractivity contribution is -0.117. The molecular formula is C17H16N4O3S2. The maximum atomic E-state index is 11.9. The number of thioether (sulfide) groups is 1. The molecule has 0 aliphatic rings. The van der Waals surface area contributed by atoms with Gasteiger partial charge in [0, 0.05) is 5.69 Å². The Labute approximate surface area is 158 Å². The van der Waals surface area contributed by atoms with Gasteiger partial charge in [-0.3, -0.25) is 10.1 Å². The van der Waals surface area contributed by atoms with Crippen molar-refractivity contribution in [3.8, 4) is 10.8 Å². The summed E-state index contributed by atoms with van der Waals surface area (Å²) in [7, 11) is 0. The Balaban J connectivity index is 1.48. The van der Waals surface area contributed by atoms with Gasteiger partial charge in [-0.2, -0.15) is 0 Å². The van der Waals surface area contributed by atoms with Crippen molar-refractivity contribution < 1.29 is 14.0 Å². The molecule has 7 nitrogen and oxygen atoms in total. The lowest BCUT2D eigenvalue weighted by Crippen LogP contribution is -2.35. The molecule has 0 radical (unpaired) electrons. The SMILES string of the molecule is Cc1ccc(NC(=O)NC(=O)CSc2nnc(-c3cccs3)o2)c(C)c1. The largest absolute Gasteiger partial charge is 0.410 e. The maximum Gasteiger partial charge on any atom is 0.325 e. The average Bonchev–Trinajstić information content (AvgIpc) is 3.26. The van der Waals surface area contributed by atoms with Crippen molar-refractivity contribution >= 4 is 40.7 Å². The first-order chi connectivity index (χ1) is 12.5. The highest BCUT2D eigenvalue weighted by molar-refractivity contribution is 7.99. The highest BCUT2D eigenvalue weighted by Crippen LogP contribution is 2.26. The number of nitrogens with one attached hydrogen (secondary N) is 2. The number of amides is 3. The number of hydrogen-bond acceptors (Lipinski definition) is 7. The molecule has 0 unspecified atom stereocenters. The van der Waals surface area contributed by atoms with Gasteiger partial charge < -0.3 is 9.73 Å². The Bertz CT molecular complexity index is 922. The van der Waals surface area contributed by atoms with E-state index in [0.29, 0.717) is 11.6 Å². The number of hydrogen-bond donors (Lipinski definition) is 2. The van der Waals surface area contributed by atoms with E-state index in [9.17, 15) is 9.59 Å². The van der Waals surface area contributed by atoms with Crippen LogP contribution in [0.2, 0.25) is 0 Å². The summed E-state index contributed by atoms with van der Waals surface area (Å²) in [5.74, 6) is -0.0459. The van der Waals surface area contributed by atoms with Crippen molar-refractivity contribution in [2.75, 3.05) is 11.1 Å². The normalized spacial score (nSPS) is 10.5. The summed E-state index contributed by atoms with van der Waals surface area (Å²) in [5.41, 5.74) is 2.68. The van der Waals surface area contributed by atoms with Gasteiger partial charge >= 0.3 is 6.03 Å². The fourth-order valence-corrected chi connectivity index (χ4v) is 3.37. The summed E-state index contributed by atoms with van der Waals surface area (Å²) < 4.78 is 5.48. The Morgan fingerprint density at radius 2 is 2.08 bits per heavy atom. The summed E-state index contributed by atoms with van der Waals surface area (Å²) in [4.78, 5) is 24.7. The molecule has 3 rings (SSSR count). The zero-order chi connectivity index (χ0) is 18.5. The standard InChI is InChI=1S/C17H16N4O3S2/c1-10-5-6-12(11(2)8-10)18-16(23)19-14(22)9-26-17-21-20-15(24-17)13-4-3-7-25-13/h3-8H,9H2,1-2H3,(H2,18,19,22,23). The topological polar surface area (TPSA) is 97.1 Å². The van der Waals surface area contributed by atoms with Crippen molar-refractivity contribution in [3.05, 3.63) is 46.8 Å². The van der Waals surface area contributed by atoms with E-state index in [0.717, 1.165) is 27.8 Å². The second kappa shape index (κ2) is 8.15. The number of aryl methyl sites for hydroxylation is 2. The van der Waals surface area contributed by atoms with Crippen LogP contribution in [0.1, 0.15) is 11.1 Å². The first kappa shape index (κ1) is 18.2. The Morgan fingerprint density at radius 1 is 1.23 bits per heavy atom. The van der Waals surface area contributed by atoms with Crippen molar-refractivity contribution in [2.24, 2.45) is 0 Å². The molecule has 0 spiro atoms. The number of thiophene rings is 1. The molecule has 134 valence electrons. The third-order valence-electron chi connectivity index (χ3n) is 3.35. The Morgan fingerprint density at radius 3 is 2.81 bits per heavy atom. The van der Waals surface area contributed by atoms with Crippen LogP contribution >= 0.6 is 23.1 Å². The summed E-state index contributed by atoms with van der Waals surface area (Å²) in [6.45, 7) is 3.86. The minimum absolute atomic E-state index is 0.00757. The molecule has 1 aromatic carbocycles. The number of anilines is 1. The number of carbonyl (C=O) groups excluding carboxylic acids is 2. The molecule has 0 aliphatic carbocycles. The zero-order valence-electron chi connectivity index (χ0n) is 14.1. The molecule has 3 aromatic rings. The summed E-state index contributed by atoms with van der Waals surface area (Å²) in [5, 5.41) is 14.9. The predicted octanol–water partition coefficient (Wildman–Crippen LogP) is 3.86. The highest BCUT2D eigenvalue weighted by Gasteiger charge is 2.14. The molecule has 2 aromatic heterocycles. The first-order valence-electron chi connectivity index (χ1n) is 7.69. The van der Waals surface area contributed by atoms with Crippen LogP contribution < -0.4 is 10.6 Å². The predicted molar refractivity (Wildman–Crippen MR) is 101 cm³/mol. The molecule has 26 heavy (non-hydrogen) atoms.